The lowest BCUT2D eigenvalue weighted by molar-refractivity contribution is 0.918. The highest BCUT2D eigenvalue weighted by Gasteiger charge is 2.27. The molecular weight excluding hydrogens is 321 g/mol. The first-order valence-electron chi connectivity index (χ1n) is 7.09. The summed E-state index contributed by atoms with van der Waals surface area (Å²) in [6, 6.07) is 5.45. The van der Waals surface area contributed by atoms with E-state index in [2.05, 4.69) is 20.3 Å². The number of aromatic nitrogens is 4. The molecule has 112 valence electrons. The Morgan fingerprint density at radius 3 is 2.82 bits per heavy atom. The van der Waals surface area contributed by atoms with E-state index < -0.39 is 0 Å². The average molecular weight is 334 g/mol. The van der Waals surface area contributed by atoms with E-state index in [0.717, 1.165) is 35.8 Å². The molecule has 1 aliphatic rings. The summed E-state index contributed by atoms with van der Waals surface area (Å²) in [7, 11) is 0. The van der Waals surface area contributed by atoms with Crippen LogP contribution in [0.5, 0.6) is 0 Å². The van der Waals surface area contributed by atoms with Gasteiger partial charge in [0.05, 0.1) is 17.3 Å². The van der Waals surface area contributed by atoms with Gasteiger partial charge in [-0.3, -0.25) is 0 Å². The molecule has 1 saturated carbocycles. The summed E-state index contributed by atoms with van der Waals surface area (Å²) in [6.07, 6.45) is 6.07. The summed E-state index contributed by atoms with van der Waals surface area (Å²) in [5.74, 6) is 2.03. The van der Waals surface area contributed by atoms with E-state index in [0.29, 0.717) is 22.6 Å². The van der Waals surface area contributed by atoms with Crippen LogP contribution < -0.4 is 5.32 Å². The Balaban J connectivity index is 1.53. The number of halogens is 2. The second-order valence-electron chi connectivity index (χ2n) is 5.41. The quantitative estimate of drug-likeness (QED) is 0.735. The van der Waals surface area contributed by atoms with Crippen LogP contribution in [-0.2, 0) is 6.54 Å². The number of imidazole rings is 1. The topological polar surface area (TPSA) is 55.1 Å². The van der Waals surface area contributed by atoms with Gasteiger partial charge in [-0.2, -0.15) is 0 Å². The molecule has 0 aliphatic heterocycles. The van der Waals surface area contributed by atoms with Crippen molar-refractivity contribution in [2.75, 3.05) is 5.32 Å². The highest BCUT2D eigenvalue weighted by Crippen LogP contribution is 2.38. The molecule has 0 radical (unpaired) electrons. The summed E-state index contributed by atoms with van der Waals surface area (Å²) >= 11 is 12.0. The fourth-order valence-corrected chi connectivity index (χ4v) is 2.69. The zero-order valence-corrected chi connectivity index (χ0v) is 13.1. The maximum absolute atomic E-state index is 6.06. The SMILES string of the molecule is Clc1ccc2nc(CNc3cc(Cl)nc(C4CC4)n3)cn2c1. The van der Waals surface area contributed by atoms with Crippen LogP contribution in [0, 0.1) is 0 Å². The van der Waals surface area contributed by atoms with Gasteiger partial charge in [0.2, 0.25) is 0 Å². The lowest BCUT2D eigenvalue weighted by atomic mass is 10.4. The van der Waals surface area contributed by atoms with Crippen LogP contribution in [-0.4, -0.2) is 19.4 Å². The number of hydrogen-bond donors (Lipinski definition) is 1. The standard InChI is InChI=1S/C15H13Cl2N5/c16-10-3-4-14-19-11(8-22(14)7-10)6-18-13-5-12(17)20-15(21-13)9-1-2-9/h3-5,7-9H,1-2,6H2,(H,18,20,21). The molecule has 0 atom stereocenters. The molecule has 0 bridgehead atoms. The maximum Gasteiger partial charge on any atom is 0.137 e. The maximum atomic E-state index is 6.06. The van der Waals surface area contributed by atoms with Crippen molar-refractivity contribution in [2.24, 2.45) is 0 Å². The fraction of sp³-hybridized carbons (Fsp3) is 0.267. The van der Waals surface area contributed by atoms with Gasteiger partial charge >= 0.3 is 0 Å². The van der Waals surface area contributed by atoms with Gasteiger partial charge in [0.25, 0.3) is 0 Å². The van der Waals surface area contributed by atoms with Gasteiger partial charge in [0.1, 0.15) is 22.4 Å². The molecule has 1 fully saturated rings. The van der Waals surface area contributed by atoms with Crippen molar-refractivity contribution in [2.45, 2.75) is 25.3 Å². The number of rotatable bonds is 4. The van der Waals surface area contributed by atoms with Gasteiger partial charge < -0.3 is 9.72 Å². The van der Waals surface area contributed by atoms with Crippen molar-refractivity contribution < 1.29 is 0 Å². The number of fused-ring (bicyclic) bond motifs is 1. The molecule has 3 aromatic heterocycles. The second-order valence-corrected chi connectivity index (χ2v) is 6.23. The minimum atomic E-state index is 0.469. The Hall–Kier alpha value is -1.85. The van der Waals surface area contributed by atoms with E-state index in [-0.39, 0.29) is 0 Å². The van der Waals surface area contributed by atoms with Gasteiger partial charge in [-0.25, -0.2) is 15.0 Å². The fourth-order valence-electron chi connectivity index (χ4n) is 2.33. The van der Waals surface area contributed by atoms with Gasteiger partial charge in [-0.15, -0.1) is 0 Å². The first-order chi connectivity index (χ1) is 10.7. The predicted molar refractivity (Wildman–Crippen MR) is 86.5 cm³/mol. The first-order valence-corrected chi connectivity index (χ1v) is 7.84. The number of pyridine rings is 1. The van der Waals surface area contributed by atoms with E-state index in [1.54, 1.807) is 6.07 Å². The summed E-state index contributed by atoms with van der Waals surface area (Å²) in [4.78, 5) is 13.3. The van der Waals surface area contributed by atoms with Crippen molar-refractivity contribution in [1.82, 2.24) is 19.4 Å². The molecule has 22 heavy (non-hydrogen) atoms. The minimum Gasteiger partial charge on any atom is -0.364 e. The molecule has 5 nitrogen and oxygen atoms in total. The molecule has 1 aliphatic carbocycles. The van der Waals surface area contributed by atoms with Crippen molar-refractivity contribution in [3.05, 3.63) is 52.3 Å². The summed E-state index contributed by atoms with van der Waals surface area (Å²) in [5.41, 5.74) is 1.77. The molecule has 3 heterocycles. The first kappa shape index (κ1) is 13.8. The normalized spacial score (nSPS) is 14.5. The third-order valence-electron chi connectivity index (χ3n) is 3.57. The molecule has 1 N–H and O–H groups in total. The number of anilines is 1. The molecule has 0 spiro atoms. The van der Waals surface area contributed by atoms with Gasteiger partial charge in [-0.1, -0.05) is 23.2 Å². The summed E-state index contributed by atoms with van der Waals surface area (Å²) < 4.78 is 1.90. The Kier molecular flexibility index (Phi) is 3.39. The van der Waals surface area contributed by atoms with Crippen molar-refractivity contribution >= 4 is 34.7 Å². The molecule has 0 unspecified atom stereocenters. The van der Waals surface area contributed by atoms with Crippen LogP contribution in [0.3, 0.4) is 0 Å². The Labute approximate surface area is 137 Å². The monoisotopic (exact) mass is 333 g/mol. The van der Waals surface area contributed by atoms with Gasteiger partial charge in [-0.05, 0) is 25.0 Å². The lowest BCUT2D eigenvalue weighted by Crippen LogP contribution is -2.04. The molecule has 0 saturated heterocycles. The largest absolute Gasteiger partial charge is 0.364 e. The van der Waals surface area contributed by atoms with Crippen molar-refractivity contribution in [3.63, 3.8) is 0 Å². The second kappa shape index (κ2) is 5.41. The summed E-state index contributed by atoms with van der Waals surface area (Å²) in [5, 5.41) is 4.41. The van der Waals surface area contributed by atoms with Gasteiger partial charge in [0.15, 0.2) is 0 Å². The Morgan fingerprint density at radius 2 is 2.00 bits per heavy atom. The third-order valence-corrected chi connectivity index (χ3v) is 3.99. The van der Waals surface area contributed by atoms with Crippen LogP contribution in [0.2, 0.25) is 10.2 Å². The van der Waals surface area contributed by atoms with Crippen LogP contribution in [0.1, 0.15) is 30.3 Å². The Morgan fingerprint density at radius 1 is 1.14 bits per heavy atom. The highest BCUT2D eigenvalue weighted by atomic mass is 35.5. The highest BCUT2D eigenvalue weighted by molar-refractivity contribution is 6.30. The average Bonchev–Trinajstić information content (AvgIpc) is 3.25. The predicted octanol–water partition coefficient (Wildman–Crippen LogP) is 3.92. The van der Waals surface area contributed by atoms with E-state index in [1.165, 1.54) is 0 Å². The number of nitrogens with one attached hydrogen (secondary N) is 1. The third kappa shape index (κ3) is 2.87. The van der Waals surface area contributed by atoms with Gasteiger partial charge in [0, 0.05) is 24.4 Å². The van der Waals surface area contributed by atoms with E-state index >= 15 is 0 Å². The zero-order valence-electron chi connectivity index (χ0n) is 11.6. The molecule has 3 aromatic rings. The minimum absolute atomic E-state index is 0.469. The summed E-state index contributed by atoms with van der Waals surface area (Å²) in [6.45, 7) is 0.566. The zero-order chi connectivity index (χ0) is 15.1. The number of nitrogens with zero attached hydrogens (tertiary/aromatic N) is 4. The van der Waals surface area contributed by atoms with Crippen LogP contribution in [0.25, 0.3) is 5.65 Å². The molecule has 7 heteroatoms. The van der Waals surface area contributed by atoms with E-state index in [4.69, 9.17) is 23.2 Å². The van der Waals surface area contributed by atoms with Crippen molar-refractivity contribution in [3.8, 4) is 0 Å². The van der Waals surface area contributed by atoms with Crippen LogP contribution in [0.15, 0.2) is 30.6 Å². The smallest absolute Gasteiger partial charge is 0.137 e. The molecule has 0 aromatic carbocycles. The van der Waals surface area contributed by atoms with E-state index in [9.17, 15) is 0 Å². The molecular formula is C15H13Cl2N5. The molecule has 0 amide bonds. The molecule has 4 rings (SSSR count). The Bertz CT molecular complexity index is 841. The van der Waals surface area contributed by atoms with Crippen LogP contribution >= 0.6 is 23.2 Å². The van der Waals surface area contributed by atoms with Crippen molar-refractivity contribution in [1.29, 1.82) is 0 Å². The van der Waals surface area contributed by atoms with Crippen LogP contribution in [0.4, 0.5) is 5.82 Å². The lowest BCUT2D eigenvalue weighted by Gasteiger charge is -2.06. The van der Waals surface area contributed by atoms with E-state index in [1.807, 2.05) is 28.9 Å². The number of hydrogen-bond acceptors (Lipinski definition) is 4.